The van der Waals surface area contributed by atoms with Crippen molar-refractivity contribution >= 4 is 6.09 Å². The van der Waals surface area contributed by atoms with E-state index in [-0.39, 0.29) is 11.7 Å². The number of alkyl carbamates (subject to hydrolysis) is 1. The molecule has 0 aliphatic heterocycles. The van der Waals surface area contributed by atoms with Crippen LogP contribution in [0.25, 0.3) is 11.4 Å². The summed E-state index contributed by atoms with van der Waals surface area (Å²) >= 11 is 0. The second kappa shape index (κ2) is 6.22. The van der Waals surface area contributed by atoms with Gasteiger partial charge in [-0.1, -0.05) is 17.3 Å². The number of benzene rings is 1. The van der Waals surface area contributed by atoms with Gasteiger partial charge in [-0.2, -0.15) is 4.98 Å². The molecule has 1 aliphatic rings. The minimum absolute atomic E-state index is 0.248. The first kappa shape index (κ1) is 16.4. The third-order valence-corrected chi connectivity index (χ3v) is 3.56. The standard InChI is InChI=1S/C17H20FN3O3/c1-17(2,3)23-16(22)19-13(10-7-8-10)15-20-14(21-24-15)11-5-4-6-12(18)9-11/h4-6,9-10,13H,7-8H2,1-3H3,(H,19,22). The van der Waals surface area contributed by atoms with Crippen molar-refractivity contribution in [1.82, 2.24) is 15.5 Å². The van der Waals surface area contributed by atoms with Crippen LogP contribution in [-0.2, 0) is 4.74 Å². The summed E-state index contributed by atoms with van der Waals surface area (Å²) in [6.07, 6.45) is 1.42. The van der Waals surface area contributed by atoms with E-state index in [0.29, 0.717) is 17.3 Å². The lowest BCUT2D eigenvalue weighted by molar-refractivity contribution is 0.0486. The van der Waals surface area contributed by atoms with Gasteiger partial charge in [-0.3, -0.25) is 0 Å². The van der Waals surface area contributed by atoms with Gasteiger partial charge < -0.3 is 14.6 Å². The highest BCUT2D eigenvalue weighted by molar-refractivity contribution is 5.68. The second-order valence-electron chi connectivity index (χ2n) is 6.93. The molecule has 6 nitrogen and oxygen atoms in total. The van der Waals surface area contributed by atoms with Gasteiger partial charge in [0, 0.05) is 5.56 Å². The number of rotatable bonds is 4. The van der Waals surface area contributed by atoms with Crippen LogP contribution in [-0.4, -0.2) is 21.8 Å². The van der Waals surface area contributed by atoms with Gasteiger partial charge in [0.2, 0.25) is 11.7 Å². The van der Waals surface area contributed by atoms with Crippen molar-refractivity contribution in [2.45, 2.75) is 45.3 Å². The fraction of sp³-hybridized carbons (Fsp3) is 0.471. The fourth-order valence-electron chi connectivity index (χ4n) is 2.35. The third-order valence-electron chi connectivity index (χ3n) is 3.56. The van der Waals surface area contributed by atoms with Crippen molar-refractivity contribution in [3.63, 3.8) is 0 Å². The number of carbonyl (C=O) groups excluding carboxylic acids is 1. The van der Waals surface area contributed by atoms with Crippen molar-refractivity contribution in [1.29, 1.82) is 0 Å². The molecular formula is C17H20FN3O3. The molecule has 1 aromatic heterocycles. The van der Waals surface area contributed by atoms with E-state index in [2.05, 4.69) is 15.5 Å². The average molecular weight is 333 g/mol. The van der Waals surface area contributed by atoms with E-state index in [1.165, 1.54) is 12.1 Å². The van der Waals surface area contributed by atoms with E-state index in [4.69, 9.17) is 9.26 Å². The lowest BCUT2D eigenvalue weighted by Gasteiger charge is -2.22. The Morgan fingerprint density at radius 3 is 2.79 bits per heavy atom. The Balaban J connectivity index is 1.77. The number of ether oxygens (including phenoxy) is 1. The molecule has 0 spiro atoms. The molecule has 7 heteroatoms. The molecule has 24 heavy (non-hydrogen) atoms. The Morgan fingerprint density at radius 1 is 1.42 bits per heavy atom. The monoisotopic (exact) mass is 333 g/mol. The molecule has 2 aromatic rings. The van der Waals surface area contributed by atoms with Crippen LogP contribution in [0, 0.1) is 11.7 Å². The highest BCUT2D eigenvalue weighted by Gasteiger charge is 2.38. The number of aromatic nitrogens is 2. The van der Waals surface area contributed by atoms with E-state index in [1.807, 2.05) is 0 Å². The number of nitrogens with zero attached hydrogens (tertiary/aromatic N) is 2. The number of amides is 1. The van der Waals surface area contributed by atoms with Crippen molar-refractivity contribution in [3.05, 3.63) is 36.0 Å². The first-order valence-corrected chi connectivity index (χ1v) is 7.91. The summed E-state index contributed by atoms with van der Waals surface area (Å²) < 4.78 is 23.9. The summed E-state index contributed by atoms with van der Waals surface area (Å²) in [5.74, 6) is 0.478. The summed E-state index contributed by atoms with van der Waals surface area (Å²) in [5.41, 5.74) is -0.0587. The van der Waals surface area contributed by atoms with Crippen LogP contribution in [0.1, 0.15) is 45.5 Å². The van der Waals surface area contributed by atoms with Gasteiger partial charge in [-0.15, -0.1) is 0 Å². The molecule has 1 aromatic carbocycles. The Morgan fingerprint density at radius 2 is 2.17 bits per heavy atom. The number of hydrogen-bond donors (Lipinski definition) is 1. The van der Waals surface area contributed by atoms with E-state index in [0.717, 1.165) is 12.8 Å². The van der Waals surface area contributed by atoms with Crippen molar-refractivity contribution in [2.24, 2.45) is 5.92 Å². The minimum Gasteiger partial charge on any atom is -0.444 e. The number of nitrogens with one attached hydrogen (secondary N) is 1. The van der Waals surface area contributed by atoms with Crippen LogP contribution in [0.3, 0.4) is 0 Å². The zero-order valence-corrected chi connectivity index (χ0v) is 13.9. The van der Waals surface area contributed by atoms with Crippen LogP contribution in [0.2, 0.25) is 0 Å². The Kier molecular flexibility index (Phi) is 4.26. The zero-order valence-electron chi connectivity index (χ0n) is 13.9. The highest BCUT2D eigenvalue weighted by atomic mass is 19.1. The highest BCUT2D eigenvalue weighted by Crippen LogP contribution is 2.41. The molecule has 1 unspecified atom stereocenters. The molecule has 0 bridgehead atoms. The van der Waals surface area contributed by atoms with Crippen molar-refractivity contribution in [2.75, 3.05) is 0 Å². The largest absolute Gasteiger partial charge is 0.444 e. The van der Waals surface area contributed by atoms with Gasteiger partial charge in [0.05, 0.1) is 0 Å². The first-order valence-electron chi connectivity index (χ1n) is 7.91. The van der Waals surface area contributed by atoms with E-state index >= 15 is 0 Å². The third kappa shape index (κ3) is 4.10. The maximum atomic E-state index is 13.3. The quantitative estimate of drug-likeness (QED) is 0.919. The Labute approximate surface area is 139 Å². The molecule has 1 aliphatic carbocycles. The predicted molar refractivity (Wildman–Crippen MR) is 84.5 cm³/mol. The van der Waals surface area contributed by atoms with Gasteiger partial charge in [-0.05, 0) is 51.7 Å². The van der Waals surface area contributed by atoms with E-state index < -0.39 is 17.7 Å². The number of carbonyl (C=O) groups is 1. The van der Waals surface area contributed by atoms with Gasteiger partial charge in [0.15, 0.2) is 0 Å². The maximum absolute atomic E-state index is 13.3. The van der Waals surface area contributed by atoms with Gasteiger partial charge in [0.25, 0.3) is 0 Å². The normalized spacial score (nSPS) is 15.8. The predicted octanol–water partition coefficient (Wildman–Crippen LogP) is 3.85. The second-order valence-corrected chi connectivity index (χ2v) is 6.93. The molecule has 1 N–H and O–H groups in total. The van der Waals surface area contributed by atoms with Crippen LogP contribution in [0.4, 0.5) is 9.18 Å². The van der Waals surface area contributed by atoms with E-state index in [1.54, 1.807) is 32.9 Å². The smallest absolute Gasteiger partial charge is 0.408 e. The Bertz CT molecular complexity index is 735. The molecule has 3 rings (SSSR count). The Hall–Kier alpha value is -2.44. The van der Waals surface area contributed by atoms with Crippen LogP contribution < -0.4 is 5.32 Å². The summed E-state index contributed by atoms with van der Waals surface area (Å²) in [4.78, 5) is 16.3. The fourth-order valence-corrected chi connectivity index (χ4v) is 2.35. The molecule has 1 fully saturated rings. The maximum Gasteiger partial charge on any atom is 0.408 e. The molecule has 0 radical (unpaired) electrons. The van der Waals surface area contributed by atoms with Gasteiger partial charge in [0.1, 0.15) is 17.5 Å². The van der Waals surface area contributed by atoms with Gasteiger partial charge >= 0.3 is 6.09 Å². The molecule has 1 saturated carbocycles. The zero-order chi connectivity index (χ0) is 17.3. The van der Waals surface area contributed by atoms with E-state index in [9.17, 15) is 9.18 Å². The van der Waals surface area contributed by atoms with Crippen molar-refractivity contribution in [3.8, 4) is 11.4 Å². The summed E-state index contributed by atoms with van der Waals surface area (Å²) in [7, 11) is 0. The molecular weight excluding hydrogens is 313 g/mol. The van der Waals surface area contributed by atoms with Crippen LogP contribution in [0.5, 0.6) is 0 Å². The lowest BCUT2D eigenvalue weighted by Crippen LogP contribution is -2.35. The summed E-state index contributed by atoms with van der Waals surface area (Å²) in [5, 5.41) is 6.69. The topological polar surface area (TPSA) is 77.2 Å². The molecule has 128 valence electrons. The van der Waals surface area contributed by atoms with Gasteiger partial charge in [-0.25, -0.2) is 9.18 Å². The van der Waals surface area contributed by atoms with Crippen LogP contribution >= 0.6 is 0 Å². The molecule has 1 atom stereocenters. The summed E-state index contributed by atoms with van der Waals surface area (Å²) in [6, 6.07) is 5.57. The first-order chi connectivity index (χ1) is 11.3. The number of hydrogen-bond acceptors (Lipinski definition) is 5. The average Bonchev–Trinajstić information content (AvgIpc) is 3.19. The minimum atomic E-state index is -0.584. The lowest BCUT2D eigenvalue weighted by atomic mass is 10.2. The summed E-state index contributed by atoms with van der Waals surface area (Å²) in [6.45, 7) is 5.40. The molecule has 0 saturated heterocycles. The molecule has 1 amide bonds. The SMILES string of the molecule is CC(C)(C)OC(=O)NC(c1nc(-c2cccc(F)c2)no1)C1CC1. The molecule has 1 heterocycles. The van der Waals surface area contributed by atoms with Crippen molar-refractivity contribution < 1.29 is 18.4 Å². The number of halogens is 1. The van der Waals surface area contributed by atoms with Crippen LogP contribution in [0.15, 0.2) is 28.8 Å².